The number of hydrogen-bond acceptors (Lipinski definition) is 6. The summed E-state index contributed by atoms with van der Waals surface area (Å²) in [6, 6.07) is 29.6. The maximum absolute atomic E-state index is 11.9. The van der Waals surface area contributed by atoms with Gasteiger partial charge in [-0.1, -0.05) is 97.6 Å². The van der Waals surface area contributed by atoms with Crippen LogP contribution in [-0.2, 0) is 48.3 Å². The molecule has 4 rings (SSSR count). The van der Waals surface area contributed by atoms with Crippen LogP contribution >= 0.6 is 0 Å². The minimum absolute atomic E-state index is 0.255. The van der Waals surface area contributed by atoms with Crippen LogP contribution in [0.3, 0.4) is 0 Å². The molecule has 3 aromatic rings. The highest BCUT2D eigenvalue weighted by Gasteiger charge is 2.47. The Morgan fingerprint density at radius 3 is 1.72 bits per heavy atom. The van der Waals surface area contributed by atoms with Gasteiger partial charge in [-0.15, -0.1) is 0 Å². The zero-order valence-electron chi connectivity index (χ0n) is 20.5. The van der Waals surface area contributed by atoms with Gasteiger partial charge in [0, 0.05) is 6.92 Å². The van der Waals surface area contributed by atoms with Gasteiger partial charge in [0.25, 0.3) is 0 Å². The summed E-state index contributed by atoms with van der Waals surface area (Å²) in [5.74, 6) is -0.130. The SMILES string of the molecule is C=C1O[C@H](COCc2ccccc2)[C@@H](OCc2ccccc2)[C@H](OCc2ccccc2)[C@@H]1OC(C)=O. The van der Waals surface area contributed by atoms with Gasteiger partial charge in [-0.3, -0.25) is 4.79 Å². The third-order valence-electron chi connectivity index (χ3n) is 5.87. The Morgan fingerprint density at radius 1 is 0.750 bits per heavy atom. The molecule has 1 fully saturated rings. The predicted molar refractivity (Wildman–Crippen MR) is 136 cm³/mol. The summed E-state index contributed by atoms with van der Waals surface area (Å²) >= 11 is 0. The molecular formula is C30H32O6. The lowest BCUT2D eigenvalue weighted by Gasteiger charge is -2.42. The van der Waals surface area contributed by atoms with Crippen LogP contribution in [0.25, 0.3) is 0 Å². The van der Waals surface area contributed by atoms with Crippen molar-refractivity contribution in [2.24, 2.45) is 0 Å². The lowest BCUT2D eigenvalue weighted by atomic mass is 9.97. The standard InChI is InChI=1S/C30H32O6/c1-22-28(36-23(2)31)30(34-20-26-16-10-5-11-17-26)29(33-19-25-14-8-4-9-15-25)27(35-22)21-32-18-24-12-6-3-7-13-24/h3-17,27-30H,1,18-21H2,2H3/t27-,28-,29-,30-/m1/s1. The first-order valence-corrected chi connectivity index (χ1v) is 12.1. The Balaban J connectivity index is 1.54. The van der Waals surface area contributed by atoms with Crippen molar-refractivity contribution in [3.63, 3.8) is 0 Å². The summed E-state index contributed by atoms with van der Waals surface area (Å²) in [4.78, 5) is 11.9. The van der Waals surface area contributed by atoms with Gasteiger partial charge in [0.1, 0.15) is 18.0 Å². The topological polar surface area (TPSA) is 63.2 Å². The molecule has 36 heavy (non-hydrogen) atoms. The van der Waals surface area contributed by atoms with Crippen LogP contribution in [0.15, 0.2) is 103 Å². The van der Waals surface area contributed by atoms with Crippen molar-refractivity contribution < 1.29 is 28.5 Å². The minimum atomic E-state index is -0.808. The van der Waals surface area contributed by atoms with E-state index in [1.165, 1.54) is 6.92 Å². The largest absolute Gasteiger partial charge is 0.486 e. The summed E-state index contributed by atoms with van der Waals surface area (Å²) in [6.07, 6.45) is -2.51. The van der Waals surface area contributed by atoms with Crippen molar-refractivity contribution in [1.82, 2.24) is 0 Å². The molecule has 0 spiro atoms. The quantitative estimate of drug-likeness (QED) is 0.345. The Hall–Kier alpha value is -3.45. The molecule has 188 valence electrons. The molecule has 1 heterocycles. The first kappa shape index (κ1) is 25.6. The van der Waals surface area contributed by atoms with Crippen LogP contribution in [0.4, 0.5) is 0 Å². The molecule has 0 bridgehead atoms. The van der Waals surface area contributed by atoms with Gasteiger partial charge in [-0.05, 0) is 16.7 Å². The molecule has 0 unspecified atom stereocenters. The van der Waals surface area contributed by atoms with E-state index < -0.39 is 30.4 Å². The van der Waals surface area contributed by atoms with E-state index in [0.717, 1.165) is 16.7 Å². The van der Waals surface area contributed by atoms with Crippen LogP contribution in [0.1, 0.15) is 23.6 Å². The van der Waals surface area contributed by atoms with Gasteiger partial charge < -0.3 is 23.7 Å². The molecule has 0 N–H and O–H groups in total. The van der Waals surface area contributed by atoms with E-state index in [1.807, 2.05) is 91.0 Å². The van der Waals surface area contributed by atoms with E-state index in [1.54, 1.807) is 0 Å². The van der Waals surface area contributed by atoms with E-state index in [4.69, 9.17) is 23.7 Å². The minimum Gasteiger partial charge on any atom is -0.486 e. The second kappa shape index (κ2) is 13.0. The third kappa shape index (κ3) is 7.28. The highest BCUT2D eigenvalue weighted by Crippen LogP contribution is 2.31. The van der Waals surface area contributed by atoms with Crippen molar-refractivity contribution in [2.75, 3.05) is 6.61 Å². The molecule has 1 aliphatic rings. The van der Waals surface area contributed by atoms with Gasteiger partial charge in [0.15, 0.2) is 12.2 Å². The average molecular weight is 489 g/mol. The highest BCUT2D eigenvalue weighted by molar-refractivity contribution is 5.66. The number of rotatable bonds is 11. The highest BCUT2D eigenvalue weighted by atomic mass is 16.6. The number of esters is 1. The first-order valence-electron chi connectivity index (χ1n) is 12.1. The third-order valence-corrected chi connectivity index (χ3v) is 5.87. The van der Waals surface area contributed by atoms with E-state index in [-0.39, 0.29) is 6.61 Å². The lowest BCUT2D eigenvalue weighted by molar-refractivity contribution is -0.220. The maximum atomic E-state index is 11.9. The molecular weight excluding hydrogens is 456 g/mol. The van der Waals surface area contributed by atoms with Gasteiger partial charge in [-0.2, -0.15) is 0 Å². The summed E-state index contributed by atoms with van der Waals surface area (Å²) < 4.78 is 30.5. The van der Waals surface area contributed by atoms with Crippen molar-refractivity contribution >= 4 is 5.97 Å². The molecule has 1 aliphatic heterocycles. The Morgan fingerprint density at radius 2 is 1.22 bits per heavy atom. The molecule has 0 aromatic heterocycles. The lowest BCUT2D eigenvalue weighted by Crippen LogP contribution is -2.56. The van der Waals surface area contributed by atoms with Crippen molar-refractivity contribution in [1.29, 1.82) is 0 Å². The van der Waals surface area contributed by atoms with Gasteiger partial charge in [0.2, 0.25) is 0 Å². The summed E-state index contributed by atoms with van der Waals surface area (Å²) in [5.41, 5.74) is 3.06. The molecule has 6 nitrogen and oxygen atoms in total. The van der Waals surface area contributed by atoms with E-state index >= 15 is 0 Å². The average Bonchev–Trinajstić information content (AvgIpc) is 2.90. The Bertz CT molecular complexity index is 1090. The Kier molecular flexibility index (Phi) is 9.27. The van der Waals surface area contributed by atoms with E-state index in [2.05, 4.69) is 6.58 Å². The second-order valence-corrected chi connectivity index (χ2v) is 8.68. The van der Waals surface area contributed by atoms with Crippen molar-refractivity contribution in [3.8, 4) is 0 Å². The van der Waals surface area contributed by atoms with Crippen LogP contribution in [0.2, 0.25) is 0 Å². The molecule has 0 radical (unpaired) electrons. The zero-order valence-corrected chi connectivity index (χ0v) is 20.5. The molecule has 4 atom stereocenters. The van der Waals surface area contributed by atoms with Crippen LogP contribution < -0.4 is 0 Å². The van der Waals surface area contributed by atoms with Gasteiger partial charge >= 0.3 is 5.97 Å². The number of benzene rings is 3. The fourth-order valence-corrected chi connectivity index (χ4v) is 4.12. The molecule has 0 amide bonds. The summed E-state index contributed by atoms with van der Waals surface area (Å²) in [7, 11) is 0. The van der Waals surface area contributed by atoms with E-state index in [9.17, 15) is 4.79 Å². The second-order valence-electron chi connectivity index (χ2n) is 8.68. The monoisotopic (exact) mass is 488 g/mol. The number of ether oxygens (including phenoxy) is 5. The zero-order chi connectivity index (χ0) is 25.2. The normalized spacial score (nSPS) is 21.5. The fraction of sp³-hybridized carbons (Fsp3) is 0.300. The molecule has 1 saturated heterocycles. The molecule has 6 heteroatoms. The maximum Gasteiger partial charge on any atom is 0.303 e. The van der Waals surface area contributed by atoms with Crippen LogP contribution in [0, 0.1) is 0 Å². The Labute approximate surface area is 212 Å². The molecule has 0 saturated carbocycles. The van der Waals surface area contributed by atoms with Crippen molar-refractivity contribution in [3.05, 3.63) is 120 Å². The van der Waals surface area contributed by atoms with Crippen molar-refractivity contribution in [2.45, 2.75) is 51.2 Å². The predicted octanol–water partition coefficient (Wildman–Crippen LogP) is 5.22. The number of hydrogen-bond donors (Lipinski definition) is 0. The smallest absolute Gasteiger partial charge is 0.303 e. The van der Waals surface area contributed by atoms with E-state index in [0.29, 0.717) is 25.6 Å². The molecule has 0 aliphatic carbocycles. The molecule has 3 aromatic carbocycles. The van der Waals surface area contributed by atoms with Crippen LogP contribution in [0.5, 0.6) is 0 Å². The number of carbonyl (C=O) groups is 1. The van der Waals surface area contributed by atoms with Gasteiger partial charge in [-0.25, -0.2) is 0 Å². The summed E-state index contributed by atoms with van der Waals surface area (Å²) in [6.45, 7) is 6.74. The van der Waals surface area contributed by atoms with Crippen LogP contribution in [-0.4, -0.2) is 37.0 Å². The number of carbonyl (C=O) groups excluding carboxylic acids is 1. The first-order chi connectivity index (χ1) is 17.6. The summed E-state index contributed by atoms with van der Waals surface area (Å²) in [5, 5.41) is 0. The van der Waals surface area contributed by atoms with Gasteiger partial charge in [0.05, 0.1) is 26.4 Å². The fourth-order valence-electron chi connectivity index (χ4n) is 4.12.